The minimum atomic E-state index is 0.122. The summed E-state index contributed by atoms with van der Waals surface area (Å²) in [7, 11) is 0. The SMILES string of the molecule is Cc1nc2c(C)cccn2c1-c1ccnc(N[C@@H](C)c2ccccc2)n1. The van der Waals surface area contributed by atoms with Crippen molar-refractivity contribution in [2.24, 2.45) is 0 Å². The smallest absolute Gasteiger partial charge is 0.223 e. The molecule has 0 aliphatic rings. The van der Waals surface area contributed by atoms with Gasteiger partial charge in [-0.1, -0.05) is 36.4 Å². The van der Waals surface area contributed by atoms with Gasteiger partial charge in [-0.05, 0) is 44.0 Å². The highest BCUT2D eigenvalue weighted by atomic mass is 15.1. The number of aryl methyl sites for hydroxylation is 2. The highest BCUT2D eigenvalue weighted by molar-refractivity contribution is 5.66. The van der Waals surface area contributed by atoms with Crippen molar-refractivity contribution >= 4 is 11.6 Å². The number of benzene rings is 1. The van der Waals surface area contributed by atoms with E-state index in [1.54, 1.807) is 6.20 Å². The van der Waals surface area contributed by atoms with Crippen molar-refractivity contribution in [2.45, 2.75) is 26.8 Å². The zero-order valence-electron chi connectivity index (χ0n) is 15.1. The molecule has 130 valence electrons. The third kappa shape index (κ3) is 2.92. The lowest BCUT2D eigenvalue weighted by atomic mass is 10.1. The van der Waals surface area contributed by atoms with Crippen molar-refractivity contribution in [3.05, 3.63) is 77.7 Å². The molecule has 0 aliphatic carbocycles. The van der Waals surface area contributed by atoms with Crippen molar-refractivity contribution in [3.8, 4) is 11.4 Å². The van der Waals surface area contributed by atoms with Crippen molar-refractivity contribution in [3.63, 3.8) is 0 Å². The zero-order valence-corrected chi connectivity index (χ0v) is 15.1. The van der Waals surface area contributed by atoms with E-state index in [-0.39, 0.29) is 6.04 Å². The number of hydrogen-bond acceptors (Lipinski definition) is 4. The van der Waals surface area contributed by atoms with E-state index in [9.17, 15) is 0 Å². The van der Waals surface area contributed by atoms with Gasteiger partial charge in [0.15, 0.2) is 0 Å². The van der Waals surface area contributed by atoms with E-state index in [0.29, 0.717) is 5.95 Å². The van der Waals surface area contributed by atoms with E-state index in [2.05, 4.69) is 46.7 Å². The monoisotopic (exact) mass is 343 g/mol. The van der Waals surface area contributed by atoms with Crippen LogP contribution >= 0.6 is 0 Å². The van der Waals surface area contributed by atoms with Crippen LogP contribution in [-0.4, -0.2) is 19.4 Å². The van der Waals surface area contributed by atoms with Crippen LogP contribution in [-0.2, 0) is 0 Å². The van der Waals surface area contributed by atoms with Crippen LogP contribution in [0.25, 0.3) is 17.0 Å². The molecule has 1 atom stereocenters. The summed E-state index contributed by atoms with van der Waals surface area (Å²) in [6, 6.07) is 16.4. The molecule has 3 aromatic heterocycles. The number of fused-ring (bicyclic) bond motifs is 1. The second kappa shape index (κ2) is 6.59. The molecule has 0 aliphatic heterocycles. The molecule has 0 spiro atoms. The highest BCUT2D eigenvalue weighted by Gasteiger charge is 2.14. The molecule has 0 amide bonds. The van der Waals surface area contributed by atoms with Crippen LogP contribution in [0.2, 0.25) is 0 Å². The lowest BCUT2D eigenvalue weighted by Crippen LogP contribution is -2.09. The van der Waals surface area contributed by atoms with E-state index in [1.165, 1.54) is 5.56 Å². The van der Waals surface area contributed by atoms with E-state index in [4.69, 9.17) is 9.97 Å². The van der Waals surface area contributed by atoms with Gasteiger partial charge in [0.05, 0.1) is 23.1 Å². The number of aromatic nitrogens is 4. The van der Waals surface area contributed by atoms with Gasteiger partial charge in [0.2, 0.25) is 5.95 Å². The maximum atomic E-state index is 4.74. The first kappa shape index (κ1) is 16.3. The van der Waals surface area contributed by atoms with Gasteiger partial charge in [-0.3, -0.25) is 4.40 Å². The summed E-state index contributed by atoms with van der Waals surface area (Å²) in [6.07, 6.45) is 3.82. The van der Waals surface area contributed by atoms with E-state index < -0.39 is 0 Å². The van der Waals surface area contributed by atoms with Gasteiger partial charge in [-0.2, -0.15) is 0 Å². The predicted molar refractivity (Wildman–Crippen MR) is 104 cm³/mol. The maximum Gasteiger partial charge on any atom is 0.223 e. The topological polar surface area (TPSA) is 55.1 Å². The first-order valence-electron chi connectivity index (χ1n) is 8.72. The fraction of sp³-hybridized carbons (Fsp3) is 0.190. The normalized spacial score (nSPS) is 12.3. The Morgan fingerprint density at radius 3 is 2.58 bits per heavy atom. The average Bonchev–Trinajstić information content (AvgIpc) is 3.00. The fourth-order valence-corrected chi connectivity index (χ4v) is 3.20. The molecule has 0 saturated carbocycles. The Balaban J connectivity index is 1.71. The number of anilines is 1. The summed E-state index contributed by atoms with van der Waals surface area (Å²) in [5.41, 5.74) is 6.13. The van der Waals surface area contributed by atoms with Crippen molar-refractivity contribution in [1.82, 2.24) is 19.4 Å². The lowest BCUT2D eigenvalue weighted by Gasteiger charge is -2.14. The number of pyridine rings is 1. The zero-order chi connectivity index (χ0) is 18.1. The predicted octanol–water partition coefficient (Wildman–Crippen LogP) is 4.58. The van der Waals surface area contributed by atoms with Gasteiger partial charge in [0, 0.05) is 12.4 Å². The Labute approximate surface area is 152 Å². The van der Waals surface area contributed by atoms with Crippen LogP contribution in [0, 0.1) is 13.8 Å². The van der Waals surface area contributed by atoms with E-state index >= 15 is 0 Å². The Hall–Kier alpha value is -3.21. The van der Waals surface area contributed by atoms with Gasteiger partial charge in [-0.15, -0.1) is 0 Å². The third-order valence-electron chi connectivity index (χ3n) is 4.56. The van der Waals surface area contributed by atoms with Crippen molar-refractivity contribution < 1.29 is 0 Å². The molecular weight excluding hydrogens is 322 g/mol. The molecule has 0 saturated heterocycles. The molecule has 0 bridgehead atoms. The van der Waals surface area contributed by atoms with E-state index in [1.807, 2.05) is 43.5 Å². The molecule has 5 heteroatoms. The minimum absolute atomic E-state index is 0.122. The second-order valence-electron chi connectivity index (χ2n) is 6.47. The first-order chi connectivity index (χ1) is 12.6. The molecule has 3 heterocycles. The molecular formula is C21H21N5. The van der Waals surface area contributed by atoms with Crippen LogP contribution in [0.1, 0.15) is 29.8 Å². The molecule has 4 rings (SSSR count). The van der Waals surface area contributed by atoms with Gasteiger partial charge < -0.3 is 5.32 Å². The lowest BCUT2D eigenvalue weighted by molar-refractivity contribution is 0.860. The molecule has 0 fully saturated rings. The third-order valence-corrected chi connectivity index (χ3v) is 4.56. The van der Waals surface area contributed by atoms with Crippen LogP contribution in [0.4, 0.5) is 5.95 Å². The Bertz CT molecular complexity index is 1050. The molecule has 4 aromatic rings. The Kier molecular flexibility index (Phi) is 4.13. The molecule has 1 aromatic carbocycles. The fourth-order valence-electron chi connectivity index (χ4n) is 3.20. The largest absolute Gasteiger partial charge is 0.348 e. The number of hydrogen-bond donors (Lipinski definition) is 1. The summed E-state index contributed by atoms with van der Waals surface area (Å²) in [5, 5.41) is 3.39. The summed E-state index contributed by atoms with van der Waals surface area (Å²) in [5.74, 6) is 0.612. The minimum Gasteiger partial charge on any atom is -0.348 e. The number of nitrogens with zero attached hydrogens (tertiary/aromatic N) is 4. The highest BCUT2D eigenvalue weighted by Crippen LogP contribution is 2.25. The van der Waals surface area contributed by atoms with Gasteiger partial charge in [-0.25, -0.2) is 15.0 Å². The summed E-state index contributed by atoms with van der Waals surface area (Å²) in [6.45, 7) is 6.19. The standard InChI is InChI=1S/C21H21N5/c1-14-8-7-13-26-19(16(3)23-20(14)26)18-11-12-22-21(25-18)24-15(2)17-9-5-4-6-10-17/h4-13,15H,1-3H3,(H,22,24,25)/t15-/m0/s1. The quantitative estimate of drug-likeness (QED) is 0.589. The maximum absolute atomic E-state index is 4.74. The molecule has 5 nitrogen and oxygen atoms in total. The van der Waals surface area contributed by atoms with Crippen molar-refractivity contribution in [2.75, 3.05) is 5.32 Å². The van der Waals surface area contributed by atoms with Crippen LogP contribution < -0.4 is 5.32 Å². The molecule has 1 N–H and O–H groups in total. The van der Waals surface area contributed by atoms with Crippen LogP contribution in [0.5, 0.6) is 0 Å². The summed E-state index contributed by atoms with van der Waals surface area (Å²) < 4.78 is 2.09. The summed E-state index contributed by atoms with van der Waals surface area (Å²) >= 11 is 0. The van der Waals surface area contributed by atoms with Crippen LogP contribution in [0.3, 0.4) is 0 Å². The number of rotatable bonds is 4. The number of nitrogens with one attached hydrogen (secondary N) is 1. The Morgan fingerprint density at radius 1 is 0.962 bits per heavy atom. The van der Waals surface area contributed by atoms with Crippen LogP contribution in [0.15, 0.2) is 60.9 Å². The van der Waals surface area contributed by atoms with Gasteiger partial charge in [0.1, 0.15) is 5.65 Å². The molecule has 26 heavy (non-hydrogen) atoms. The molecule has 0 radical (unpaired) electrons. The van der Waals surface area contributed by atoms with E-state index in [0.717, 1.165) is 28.3 Å². The first-order valence-corrected chi connectivity index (χ1v) is 8.72. The van der Waals surface area contributed by atoms with Gasteiger partial charge >= 0.3 is 0 Å². The second-order valence-corrected chi connectivity index (χ2v) is 6.47. The van der Waals surface area contributed by atoms with Crippen molar-refractivity contribution in [1.29, 1.82) is 0 Å². The number of imidazole rings is 1. The van der Waals surface area contributed by atoms with Gasteiger partial charge in [0.25, 0.3) is 0 Å². The summed E-state index contributed by atoms with van der Waals surface area (Å²) in [4.78, 5) is 13.8. The average molecular weight is 343 g/mol. The molecule has 0 unspecified atom stereocenters. The Morgan fingerprint density at radius 2 is 1.77 bits per heavy atom.